The molecule has 0 aromatic rings. The third-order valence-corrected chi connectivity index (χ3v) is 7.06. The molecule has 0 spiro atoms. The fourth-order valence-electron chi connectivity index (χ4n) is 4.38. The fourth-order valence-corrected chi connectivity index (χ4v) is 5.23. The summed E-state index contributed by atoms with van der Waals surface area (Å²) in [6, 6.07) is -0.574. The Kier molecular flexibility index (Phi) is 10.6. The van der Waals surface area contributed by atoms with Crippen molar-refractivity contribution in [2.75, 3.05) is 46.9 Å². The highest BCUT2D eigenvalue weighted by Crippen LogP contribution is 2.25. The molecule has 1 aliphatic heterocycles. The van der Waals surface area contributed by atoms with Crippen LogP contribution in [0.4, 0.5) is 0 Å². The molecule has 0 unspecified atom stereocenters. The number of likely N-dealkylation sites (N-methyl/N-ethyl adjacent to an activating group) is 1. The number of likely N-dealkylation sites (tertiary alicyclic amines) is 1. The minimum Gasteiger partial charge on any atom is -0.395 e. The number of nitrogens with zero attached hydrogens (tertiary/aromatic N) is 2. The van der Waals surface area contributed by atoms with Gasteiger partial charge in [0.1, 0.15) is 17.1 Å². The summed E-state index contributed by atoms with van der Waals surface area (Å²) in [6.45, 7) is 1.91. The smallest absolute Gasteiger partial charge is 0.239 e. The molecule has 1 saturated heterocycles. The lowest BCUT2D eigenvalue weighted by molar-refractivity contribution is -0.145. The molecule has 0 bridgehead atoms. The molecular weight excluding hydrogens is 436 g/mol. The number of allylic oxidation sites excluding steroid dienone is 2. The van der Waals surface area contributed by atoms with Crippen LogP contribution in [0.2, 0.25) is 0 Å². The largest absolute Gasteiger partial charge is 0.395 e. The first kappa shape index (κ1) is 27.2. The Hall–Kier alpha value is -1.05. The maximum atomic E-state index is 12.0. The van der Waals surface area contributed by atoms with Gasteiger partial charge in [-0.05, 0) is 52.4 Å². The Morgan fingerprint density at radius 1 is 1.12 bits per heavy atom. The fraction of sp³-hybridized carbons (Fsp3) is 0.810. The molecule has 186 valence electrons. The number of nitrogens with one attached hydrogen (secondary N) is 1. The molecule has 0 aromatic carbocycles. The predicted octanol–water partition coefficient (Wildman–Crippen LogP) is -1.32. The van der Waals surface area contributed by atoms with Crippen LogP contribution in [0.5, 0.6) is 0 Å². The third kappa shape index (κ3) is 7.77. The second kappa shape index (κ2) is 12.4. The van der Waals surface area contributed by atoms with E-state index in [1.165, 1.54) is 0 Å². The Balaban J connectivity index is 1.76. The van der Waals surface area contributed by atoms with Crippen LogP contribution in [0.1, 0.15) is 38.5 Å². The molecule has 4 atom stereocenters. The lowest BCUT2D eigenvalue weighted by Crippen LogP contribution is -2.62. The van der Waals surface area contributed by atoms with Crippen molar-refractivity contribution in [3.63, 3.8) is 0 Å². The topological polar surface area (TPSA) is 160 Å². The summed E-state index contributed by atoms with van der Waals surface area (Å²) in [5.74, 6) is 0. The number of primary sulfonamides is 1. The van der Waals surface area contributed by atoms with E-state index in [1.54, 1.807) is 6.08 Å². The lowest BCUT2D eigenvalue weighted by Gasteiger charge is -2.43. The van der Waals surface area contributed by atoms with E-state index in [1.807, 2.05) is 23.9 Å². The van der Waals surface area contributed by atoms with Gasteiger partial charge in [-0.15, -0.1) is 0 Å². The molecule has 0 amide bonds. The predicted molar refractivity (Wildman–Crippen MR) is 123 cm³/mol. The summed E-state index contributed by atoms with van der Waals surface area (Å²) in [4.78, 5) is 4.00. The first-order valence-corrected chi connectivity index (χ1v) is 12.8. The van der Waals surface area contributed by atoms with Gasteiger partial charge in [0, 0.05) is 25.3 Å². The highest BCUT2D eigenvalue weighted by molar-refractivity contribution is 7.93. The van der Waals surface area contributed by atoms with Crippen LogP contribution in [-0.4, -0.2) is 110 Å². The van der Waals surface area contributed by atoms with E-state index >= 15 is 0 Å². The van der Waals surface area contributed by atoms with Crippen LogP contribution in [0.25, 0.3) is 0 Å². The number of sulfonamides is 1. The molecule has 2 aliphatic rings. The van der Waals surface area contributed by atoms with Crippen molar-refractivity contribution in [1.29, 1.82) is 0 Å². The molecule has 2 rings (SSSR count). The number of rotatable bonds is 12. The molecule has 11 heteroatoms. The van der Waals surface area contributed by atoms with Crippen LogP contribution in [0, 0.1) is 0 Å². The summed E-state index contributed by atoms with van der Waals surface area (Å²) in [7, 11) is 0.0938. The molecule has 32 heavy (non-hydrogen) atoms. The molecule has 0 radical (unpaired) electrons. The van der Waals surface area contributed by atoms with Crippen molar-refractivity contribution in [2.24, 2.45) is 5.14 Å². The Bertz CT molecular complexity index is 770. The summed E-state index contributed by atoms with van der Waals surface area (Å²) >= 11 is 0. The molecule has 7 N–H and O–H groups in total. The number of aliphatic hydroxyl groups excluding tert-OH is 4. The quantitative estimate of drug-likeness (QED) is 0.188. The van der Waals surface area contributed by atoms with Crippen molar-refractivity contribution in [1.82, 2.24) is 15.1 Å². The standard InChI is InChI=1S/C21H40N4O6S/c1-24(2)12-15-7-8-16(19(11-15)32(22,30)31)23-9-5-3-4-6-10-25-13-18(27)21(29)20(28)17(25)14-26/h11,17-18,20-21,23,26-29H,3-10,12-14H2,1-2H3,(H2,22,30,31)/t17-,18+,20-,21-/m1/s1. The van der Waals surface area contributed by atoms with Gasteiger partial charge in [-0.25, -0.2) is 13.6 Å². The summed E-state index contributed by atoms with van der Waals surface area (Å²) in [5, 5.41) is 47.8. The number of β-amino-alcohol motifs (C(OH)–C–C–N with tert-alkyl or cyclic N) is 1. The first-order chi connectivity index (χ1) is 15.0. The molecule has 0 aromatic heterocycles. The number of hydrogen-bond acceptors (Lipinski definition) is 9. The van der Waals surface area contributed by atoms with E-state index in [-0.39, 0.29) is 18.1 Å². The summed E-state index contributed by atoms with van der Waals surface area (Å²) in [5.41, 5.74) is 1.72. The second-order valence-corrected chi connectivity index (χ2v) is 10.6. The minimum atomic E-state index is -3.79. The van der Waals surface area contributed by atoms with Crippen LogP contribution >= 0.6 is 0 Å². The van der Waals surface area contributed by atoms with Gasteiger partial charge in [-0.3, -0.25) is 4.90 Å². The van der Waals surface area contributed by atoms with Gasteiger partial charge in [0.2, 0.25) is 10.0 Å². The summed E-state index contributed by atoms with van der Waals surface area (Å²) < 4.78 is 24.0. The van der Waals surface area contributed by atoms with Gasteiger partial charge in [0.05, 0.1) is 18.8 Å². The average molecular weight is 477 g/mol. The number of piperidine rings is 1. The van der Waals surface area contributed by atoms with Crippen LogP contribution < -0.4 is 10.5 Å². The lowest BCUT2D eigenvalue weighted by atomic mass is 9.94. The highest BCUT2D eigenvalue weighted by atomic mass is 32.2. The minimum absolute atomic E-state index is 0.181. The Labute approximate surface area is 191 Å². The number of hydrogen-bond donors (Lipinski definition) is 6. The van der Waals surface area contributed by atoms with E-state index in [4.69, 9.17) is 5.14 Å². The molecule has 0 saturated carbocycles. The van der Waals surface area contributed by atoms with Crippen LogP contribution in [0.15, 0.2) is 22.3 Å². The molecular formula is C21H40N4O6S. The van der Waals surface area contributed by atoms with Crippen molar-refractivity contribution >= 4 is 10.0 Å². The van der Waals surface area contributed by atoms with E-state index in [0.29, 0.717) is 31.8 Å². The van der Waals surface area contributed by atoms with Gasteiger partial charge in [0.15, 0.2) is 0 Å². The van der Waals surface area contributed by atoms with Crippen molar-refractivity contribution in [2.45, 2.75) is 62.9 Å². The SMILES string of the molecule is CN(C)CC1=CC(S(N)(=O)=O)=C(NCCCCCCN2C[C@H](O)[C@@H](O)[C@H](O)[C@H]2CO)CC1. The van der Waals surface area contributed by atoms with Gasteiger partial charge in [0.25, 0.3) is 0 Å². The van der Waals surface area contributed by atoms with Gasteiger partial charge in [-0.2, -0.15) is 0 Å². The molecule has 10 nitrogen and oxygen atoms in total. The maximum absolute atomic E-state index is 12.0. The van der Waals surface area contributed by atoms with Crippen LogP contribution in [-0.2, 0) is 10.0 Å². The number of nitrogens with two attached hydrogens (primary N) is 1. The van der Waals surface area contributed by atoms with Crippen molar-refractivity contribution in [3.8, 4) is 0 Å². The van der Waals surface area contributed by atoms with E-state index in [9.17, 15) is 28.8 Å². The van der Waals surface area contributed by atoms with E-state index in [0.717, 1.165) is 37.7 Å². The maximum Gasteiger partial charge on any atom is 0.239 e. The zero-order valence-electron chi connectivity index (χ0n) is 19.2. The number of aliphatic hydroxyl groups is 4. The zero-order chi connectivity index (χ0) is 23.9. The molecule has 1 fully saturated rings. The van der Waals surface area contributed by atoms with Gasteiger partial charge < -0.3 is 30.6 Å². The normalized spacial score (nSPS) is 27.7. The van der Waals surface area contributed by atoms with Gasteiger partial charge >= 0.3 is 0 Å². The monoisotopic (exact) mass is 476 g/mol. The van der Waals surface area contributed by atoms with Gasteiger partial charge in [-0.1, -0.05) is 18.4 Å². The summed E-state index contributed by atoms with van der Waals surface area (Å²) in [6.07, 6.45) is 3.22. The van der Waals surface area contributed by atoms with E-state index in [2.05, 4.69) is 5.32 Å². The van der Waals surface area contributed by atoms with Crippen molar-refractivity contribution in [3.05, 3.63) is 22.3 Å². The third-order valence-electron chi connectivity index (χ3n) is 6.08. The molecule has 1 aliphatic carbocycles. The first-order valence-electron chi connectivity index (χ1n) is 11.3. The zero-order valence-corrected chi connectivity index (χ0v) is 20.0. The highest BCUT2D eigenvalue weighted by Gasteiger charge is 2.40. The van der Waals surface area contributed by atoms with E-state index < -0.39 is 34.4 Å². The van der Waals surface area contributed by atoms with Crippen LogP contribution in [0.3, 0.4) is 0 Å². The Morgan fingerprint density at radius 3 is 2.44 bits per heavy atom. The average Bonchev–Trinajstić information content (AvgIpc) is 2.71. The number of unbranched alkanes of at least 4 members (excludes halogenated alkanes) is 3. The Morgan fingerprint density at radius 2 is 1.81 bits per heavy atom. The second-order valence-electron chi connectivity index (χ2n) is 9.06. The molecule has 1 heterocycles. The van der Waals surface area contributed by atoms with Crippen molar-refractivity contribution < 1.29 is 28.8 Å².